The Morgan fingerprint density at radius 2 is 1.97 bits per heavy atom. The van der Waals surface area contributed by atoms with Crippen LogP contribution in [0.5, 0.6) is 0 Å². The van der Waals surface area contributed by atoms with Gasteiger partial charge in [0.15, 0.2) is 5.78 Å². The number of aromatic nitrogens is 3. The third kappa shape index (κ3) is 4.26. The van der Waals surface area contributed by atoms with Crippen molar-refractivity contribution in [3.8, 4) is 0 Å². The van der Waals surface area contributed by atoms with Gasteiger partial charge in [-0.3, -0.25) is 9.59 Å². The lowest BCUT2D eigenvalue weighted by Crippen LogP contribution is -2.42. The molecule has 3 heterocycles. The Morgan fingerprint density at radius 3 is 2.77 bits per heavy atom. The van der Waals surface area contributed by atoms with Gasteiger partial charge < -0.3 is 15.0 Å². The standard InChI is InChI=1S/C26H23FN4O4/c1-2-35-26(34)23-19-13-28-22(11-15(19)12-29-23)24(32)18-9-14(7-8-20(18)27)10-21-16-5-3-4-6-17(16)25(33)31-30-21/h3-9,12,22,28-29H,2,10-11,13H2,1H3,(H,31,33). The summed E-state index contributed by atoms with van der Waals surface area (Å²) in [6.45, 7) is 2.29. The maximum absolute atomic E-state index is 14.7. The van der Waals surface area contributed by atoms with E-state index in [0.29, 0.717) is 40.6 Å². The summed E-state index contributed by atoms with van der Waals surface area (Å²) in [6.07, 6.45) is 2.34. The number of esters is 1. The summed E-state index contributed by atoms with van der Waals surface area (Å²) in [5.41, 5.74) is 2.99. The molecule has 1 unspecified atom stereocenters. The number of ketones is 1. The summed E-state index contributed by atoms with van der Waals surface area (Å²) >= 11 is 0. The summed E-state index contributed by atoms with van der Waals surface area (Å²) < 4.78 is 19.8. The summed E-state index contributed by atoms with van der Waals surface area (Å²) in [5, 5.41) is 11.0. The lowest BCUT2D eigenvalue weighted by molar-refractivity contribution is 0.0518. The molecule has 0 amide bonds. The predicted molar refractivity (Wildman–Crippen MR) is 127 cm³/mol. The van der Waals surface area contributed by atoms with E-state index in [-0.39, 0.29) is 30.1 Å². The molecule has 1 aliphatic rings. The smallest absolute Gasteiger partial charge is 0.355 e. The number of nitrogens with one attached hydrogen (secondary N) is 3. The van der Waals surface area contributed by atoms with Crippen LogP contribution in [0.15, 0.2) is 53.5 Å². The highest BCUT2D eigenvalue weighted by atomic mass is 19.1. The second kappa shape index (κ2) is 9.27. The molecule has 9 heteroatoms. The number of nitrogens with zero attached hydrogens (tertiary/aromatic N) is 1. The largest absolute Gasteiger partial charge is 0.461 e. The topological polar surface area (TPSA) is 117 Å². The zero-order chi connectivity index (χ0) is 24.5. The maximum Gasteiger partial charge on any atom is 0.355 e. The van der Waals surface area contributed by atoms with E-state index in [1.165, 1.54) is 12.1 Å². The fourth-order valence-electron chi connectivity index (χ4n) is 4.52. The Bertz CT molecular complexity index is 1510. The first-order valence-electron chi connectivity index (χ1n) is 11.3. The quantitative estimate of drug-likeness (QED) is 0.292. The molecule has 1 aliphatic heterocycles. The van der Waals surface area contributed by atoms with Crippen LogP contribution in [-0.2, 0) is 24.1 Å². The lowest BCUT2D eigenvalue weighted by atomic mass is 9.91. The van der Waals surface area contributed by atoms with Crippen LogP contribution in [0.2, 0.25) is 0 Å². The second-order valence-electron chi connectivity index (χ2n) is 8.43. The monoisotopic (exact) mass is 474 g/mol. The van der Waals surface area contributed by atoms with E-state index in [9.17, 15) is 18.8 Å². The molecule has 178 valence electrons. The van der Waals surface area contributed by atoms with Crippen molar-refractivity contribution in [3.05, 3.63) is 98.5 Å². The molecule has 0 aliphatic carbocycles. The first-order valence-corrected chi connectivity index (χ1v) is 11.3. The third-order valence-electron chi connectivity index (χ3n) is 6.27. The van der Waals surface area contributed by atoms with Crippen LogP contribution in [0.1, 0.15) is 50.2 Å². The number of hydrogen-bond donors (Lipinski definition) is 3. The van der Waals surface area contributed by atoms with E-state index in [0.717, 1.165) is 11.1 Å². The zero-order valence-electron chi connectivity index (χ0n) is 19.0. The van der Waals surface area contributed by atoms with Crippen molar-refractivity contribution in [1.29, 1.82) is 0 Å². The fourth-order valence-corrected chi connectivity index (χ4v) is 4.52. The van der Waals surface area contributed by atoms with Gasteiger partial charge in [-0.15, -0.1) is 0 Å². The lowest BCUT2D eigenvalue weighted by Gasteiger charge is -2.24. The summed E-state index contributed by atoms with van der Waals surface area (Å²) in [5.74, 6) is -1.41. The van der Waals surface area contributed by atoms with Crippen molar-refractivity contribution in [2.45, 2.75) is 32.4 Å². The second-order valence-corrected chi connectivity index (χ2v) is 8.43. The molecule has 0 spiro atoms. The minimum absolute atomic E-state index is 0.0154. The fraction of sp³-hybridized carbons (Fsp3) is 0.231. The van der Waals surface area contributed by atoms with Crippen LogP contribution >= 0.6 is 0 Å². The highest BCUT2D eigenvalue weighted by molar-refractivity contribution is 6.01. The van der Waals surface area contributed by atoms with Crippen LogP contribution in [0.3, 0.4) is 0 Å². The zero-order valence-corrected chi connectivity index (χ0v) is 19.0. The van der Waals surface area contributed by atoms with Crippen molar-refractivity contribution >= 4 is 22.5 Å². The Morgan fingerprint density at radius 1 is 1.17 bits per heavy atom. The number of rotatable bonds is 6. The minimum Gasteiger partial charge on any atom is -0.461 e. The molecule has 2 aromatic heterocycles. The van der Waals surface area contributed by atoms with Crippen LogP contribution in [0.25, 0.3) is 10.8 Å². The molecule has 0 fully saturated rings. The Kier molecular flexibility index (Phi) is 6.00. The molecular weight excluding hydrogens is 451 g/mol. The maximum atomic E-state index is 14.7. The molecule has 35 heavy (non-hydrogen) atoms. The SMILES string of the molecule is CCOC(=O)c1[nH]cc2c1CNC(C(=O)c1cc(Cc3n[nH]c(=O)c4ccccc34)ccc1F)C2. The molecular formula is C26H23FN4O4. The molecule has 1 atom stereocenters. The van der Waals surface area contributed by atoms with Gasteiger partial charge in [-0.2, -0.15) is 5.10 Å². The Hall–Kier alpha value is -4.11. The van der Waals surface area contributed by atoms with Crippen LogP contribution in [0, 0.1) is 5.82 Å². The van der Waals surface area contributed by atoms with Gasteiger partial charge in [-0.25, -0.2) is 14.3 Å². The van der Waals surface area contributed by atoms with Gasteiger partial charge in [-0.05, 0) is 42.7 Å². The van der Waals surface area contributed by atoms with Crippen LogP contribution in [0.4, 0.5) is 4.39 Å². The number of fused-ring (bicyclic) bond motifs is 2. The number of Topliss-reactive ketones (excluding diaryl/α,β-unsaturated/α-hetero) is 1. The number of H-pyrrole nitrogens is 2. The van der Waals surface area contributed by atoms with E-state index in [2.05, 4.69) is 20.5 Å². The van der Waals surface area contributed by atoms with Gasteiger partial charge in [0.05, 0.1) is 29.3 Å². The van der Waals surface area contributed by atoms with Crippen molar-refractivity contribution < 1.29 is 18.7 Å². The molecule has 0 radical (unpaired) electrons. The first-order chi connectivity index (χ1) is 17.0. The van der Waals surface area contributed by atoms with E-state index < -0.39 is 17.8 Å². The van der Waals surface area contributed by atoms with Gasteiger partial charge in [0, 0.05) is 30.1 Å². The predicted octanol–water partition coefficient (Wildman–Crippen LogP) is 3.06. The number of halogens is 1. The van der Waals surface area contributed by atoms with Crippen molar-refractivity contribution in [1.82, 2.24) is 20.5 Å². The van der Waals surface area contributed by atoms with E-state index in [1.54, 1.807) is 31.3 Å². The number of carbonyl (C=O) groups is 2. The molecule has 8 nitrogen and oxygen atoms in total. The highest BCUT2D eigenvalue weighted by Gasteiger charge is 2.30. The van der Waals surface area contributed by atoms with Crippen LogP contribution in [-0.4, -0.2) is 39.6 Å². The average Bonchev–Trinajstić information content (AvgIpc) is 3.30. The van der Waals surface area contributed by atoms with Gasteiger partial charge >= 0.3 is 5.97 Å². The molecule has 0 saturated heterocycles. The summed E-state index contributed by atoms with van der Waals surface area (Å²) in [7, 11) is 0. The number of carbonyl (C=O) groups excluding carboxylic acids is 2. The molecule has 0 bridgehead atoms. The van der Waals surface area contributed by atoms with E-state index in [1.807, 2.05) is 12.1 Å². The number of benzene rings is 2. The van der Waals surface area contributed by atoms with Gasteiger partial charge in [0.2, 0.25) is 0 Å². The molecule has 3 N–H and O–H groups in total. The van der Waals surface area contributed by atoms with Crippen molar-refractivity contribution in [2.24, 2.45) is 0 Å². The highest BCUT2D eigenvalue weighted by Crippen LogP contribution is 2.25. The number of hydrogen-bond acceptors (Lipinski definition) is 6. The van der Waals surface area contributed by atoms with E-state index >= 15 is 0 Å². The Balaban J connectivity index is 1.39. The average molecular weight is 474 g/mol. The first kappa shape index (κ1) is 22.7. The third-order valence-corrected chi connectivity index (χ3v) is 6.27. The molecule has 0 saturated carbocycles. The van der Waals surface area contributed by atoms with Gasteiger partial charge in [0.1, 0.15) is 11.5 Å². The number of aromatic amines is 2. The van der Waals surface area contributed by atoms with Gasteiger partial charge in [0.25, 0.3) is 5.56 Å². The summed E-state index contributed by atoms with van der Waals surface area (Å²) in [6, 6.07) is 10.9. The van der Waals surface area contributed by atoms with E-state index in [4.69, 9.17) is 4.74 Å². The van der Waals surface area contributed by atoms with Crippen molar-refractivity contribution in [2.75, 3.05) is 6.61 Å². The number of ether oxygens (including phenoxy) is 1. The van der Waals surface area contributed by atoms with Crippen molar-refractivity contribution in [3.63, 3.8) is 0 Å². The normalized spacial score (nSPS) is 15.1. The van der Waals surface area contributed by atoms with Crippen LogP contribution < -0.4 is 10.9 Å². The molecule has 5 rings (SSSR count). The minimum atomic E-state index is -0.634. The molecule has 2 aromatic carbocycles. The Labute approximate surface area is 199 Å². The summed E-state index contributed by atoms with van der Waals surface area (Å²) in [4.78, 5) is 40.4. The molecule has 4 aromatic rings. The van der Waals surface area contributed by atoms with Gasteiger partial charge in [-0.1, -0.05) is 24.3 Å².